The van der Waals surface area contributed by atoms with Crippen LogP contribution in [0.4, 0.5) is 5.69 Å². The zero-order chi connectivity index (χ0) is 19.3. The number of amides is 2. The number of carbonyl (C=O) groups excluding carboxylic acids is 2. The van der Waals surface area contributed by atoms with E-state index < -0.39 is 10.0 Å². The molecule has 1 saturated heterocycles. The lowest BCUT2D eigenvalue weighted by Gasteiger charge is -2.34. The average molecular weight is 382 g/mol. The fourth-order valence-corrected chi connectivity index (χ4v) is 4.14. The monoisotopic (exact) mass is 382 g/mol. The Kier molecular flexibility index (Phi) is 6.74. The standard InChI is InChI=1S/C17H26N4O4S/c1-14(22)18-15-4-6-16(7-5-15)26(24,25)21-12-10-20(11-13-21)17(23)8-9-19(2)3/h4-7H,8-13H2,1-3H3,(H,18,22). The zero-order valence-electron chi connectivity index (χ0n) is 15.4. The molecule has 0 bridgehead atoms. The zero-order valence-corrected chi connectivity index (χ0v) is 16.3. The van der Waals surface area contributed by atoms with Crippen molar-refractivity contribution in [1.82, 2.24) is 14.1 Å². The molecule has 1 aliphatic heterocycles. The molecule has 144 valence electrons. The molecule has 1 aromatic carbocycles. The van der Waals surface area contributed by atoms with Crippen LogP contribution in [-0.2, 0) is 19.6 Å². The molecule has 0 aromatic heterocycles. The van der Waals surface area contributed by atoms with Crippen molar-refractivity contribution in [3.8, 4) is 0 Å². The van der Waals surface area contributed by atoms with Crippen LogP contribution in [0.1, 0.15) is 13.3 Å². The van der Waals surface area contributed by atoms with Crippen LogP contribution in [0.5, 0.6) is 0 Å². The summed E-state index contributed by atoms with van der Waals surface area (Å²) < 4.78 is 26.9. The van der Waals surface area contributed by atoms with Gasteiger partial charge in [0.2, 0.25) is 21.8 Å². The fourth-order valence-electron chi connectivity index (χ4n) is 2.72. The van der Waals surface area contributed by atoms with Gasteiger partial charge in [-0.05, 0) is 38.4 Å². The summed E-state index contributed by atoms with van der Waals surface area (Å²) in [4.78, 5) is 27.0. The third-order valence-electron chi connectivity index (χ3n) is 4.18. The van der Waals surface area contributed by atoms with E-state index in [0.29, 0.717) is 31.7 Å². The van der Waals surface area contributed by atoms with Crippen molar-refractivity contribution >= 4 is 27.5 Å². The molecule has 1 fully saturated rings. The third-order valence-corrected chi connectivity index (χ3v) is 6.09. The van der Waals surface area contributed by atoms with Gasteiger partial charge >= 0.3 is 0 Å². The average Bonchev–Trinajstić information content (AvgIpc) is 2.59. The molecule has 1 aliphatic rings. The van der Waals surface area contributed by atoms with Crippen molar-refractivity contribution in [3.63, 3.8) is 0 Å². The Hall–Kier alpha value is -1.97. The number of piperazine rings is 1. The SMILES string of the molecule is CC(=O)Nc1ccc(S(=O)(=O)N2CCN(C(=O)CCN(C)C)CC2)cc1. The van der Waals surface area contributed by atoms with Gasteiger partial charge in [0.1, 0.15) is 0 Å². The van der Waals surface area contributed by atoms with Crippen LogP contribution in [0.2, 0.25) is 0 Å². The Morgan fingerprint density at radius 2 is 1.65 bits per heavy atom. The van der Waals surface area contributed by atoms with E-state index in [1.165, 1.54) is 23.4 Å². The lowest BCUT2D eigenvalue weighted by molar-refractivity contribution is -0.132. The Morgan fingerprint density at radius 3 is 2.15 bits per heavy atom. The molecule has 2 amide bonds. The first kappa shape index (κ1) is 20.3. The Bertz CT molecular complexity index is 739. The summed E-state index contributed by atoms with van der Waals surface area (Å²) in [6, 6.07) is 6.09. The Balaban J connectivity index is 1.97. The number of anilines is 1. The van der Waals surface area contributed by atoms with Gasteiger partial charge in [0.05, 0.1) is 4.90 Å². The van der Waals surface area contributed by atoms with Crippen LogP contribution in [0, 0.1) is 0 Å². The highest BCUT2D eigenvalue weighted by Crippen LogP contribution is 2.20. The van der Waals surface area contributed by atoms with Crippen molar-refractivity contribution in [3.05, 3.63) is 24.3 Å². The topological polar surface area (TPSA) is 90.0 Å². The van der Waals surface area contributed by atoms with Gasteiger partial charge in [-0.2, -0.15) is 4.31 Å². The Morgan fingerprint density at radius 1 is 1.08 bits per heavy atom. The smallest absolute Gasteiger partial charge is 0.243 e. The maximum atomic E-state index is 12.7. The molecule has 9 heteroatoms. The summed E-state index contributed by atoms with van der Waals surface area (Å²) in [7, 11) is 0.216. The van der Waals surface area contributed by atoms with Gasteiger partial charge in [0.15, 0.2) is 0 Å². The van der Waals surface area contributed by atoms with Crippen molar-refractivity contribution < 1.29 is 18.0 Å². The minimum atomic E-state index is -3.61. The van der Waals surface area contributed by atoms with Gasteiger partial charge in [0, 0.05) is 51.8 Å². The fraction of sp³-hybridized carbons (Fsp3) is 0.529. The van der Waals surface area contributed by atoms with E-state index in [4.69, 9.17) is 0 Å². The number of rotatable bonds is 6. The predicted molar refractivity (Wildman–Crippen MR) is 99.3 cm³/mol. The quantitative estimate of drug-likeness (QED) is 0.771. The summed E-state index contributed by atoms with van der Waals surface area (Å²) in [5.74, 6) is -0.161. The molecular formula is C17H26N4O4S. The van der Waals surface area contributed by atoms with Crippen LogP contribution in [-0.4, -0.2) is 81.2 Å². The highest BCUT2D eigenvalue weighted by molar-refractivity contribution is 7.89. The molecule has 1 heterocycles. The van der Waals surface area contributed by atoms with E-state index in [-0.39, 0.29) is 29.8 Å². The molecule has 0 unspecified atom stereocenters. The van der Waals surface area contributed by atoms with E-state index >= 15 is 0 Å². The predicted octanol–water partition coefficient (Wildman–Crippen LogP) is 0.430. The number of benzene rings is 1. The Labute approximate surface area is 154 Å². The van der Waals surface area contributed by atoms with E-state index in [0.717, 1.165) is 0 Å². The number of sulfonamides is 1. The second kappa shape index (κ2) is 8.61. The van der Waals surface area contributed by atoms with Gasteiger partial charge < -0.3 is 15.1 Å². The summed E-state index contributed by atoms with van der Waals surface area (Å²) in [5.41, 5.74) is 0.549. The van der Waals surface area contributed by atoms with Crippen molar-refractivity contribution in [2.24, 2.45) is 0 Å². The summed E-state index contributed by atoms with van der Waals surface area (Å²) >= 11 is 0. The van der Waals surface area contributed by atoms with E-state index in [1.807, 2.05) is 19.0 Å². The van der Waals surface area contributed by atoms with E-state index in [9.17, 15) is 18.0 Å². The maximum absolute atomic E-state index is 12.7. The van der Waals surface area contributed by atoms with Crippen LogP contribution >= 0.6 is 0 Å². The molecule has 1 N–H and O–H groups in total. The molecule has 8 nitrogen and oxygen atoms in total. The molecule has 1 aromatic rings. The summed E-state index contributed by atoms with van der Waals surface area (Å²) in [6.07, 6.45) is 0.435. The number of hydrogen-bond donors (Lipinski definition) is 1. The maximum Gasteiger partial charge on any atom is 0.243 e. The van der Waals surface area contributed by atoms with E-state index in [2.05, 4.69) is 5.32 Å². The normalized spacial score (nSPS) is 15.9. The summed E-state index contributed by atoms with van der Waals surface area (Å²) in [6.45, 7) is 3.43. The van der Waals surface area contributed by atoms with Gasteiger partial charge in [0.25, 0.3) is 0 Å². The molecule has 0 saturated carbocycles. The number of nitrogens with one attached hydrogen (secondary N) is 1. The van der Waals surface area contributed by atoms with Crippen molar-refractivity contribution in [1.29, 1.82) is 0 Å². The molecule has 0 aliphatic carbocycles. The first-order valence-electron chi connectivity index (χ1n) is 8.50. The molecule has 26 heavy (non-hydrogen) atoms. The molecule has 0 atom stereocenters. The van der Waals surface area contributed by atoms with Crippen molar-refractivity contribution in [2.45, 2.75) is 18.2 Å². The third kappa shape index (κ3) is 5.26. The van der Waals surface area contributed by atoms with Crippen LogP contribution < -0.4 is 5.32 Å². The highest BCUT2D eigenvalue weighted by atomic mass is 32.2. The number of carbonyl (C=O) groups is 2. The van der Waals surface area contributed by atoms with E-state index in [1.54, 1.807) is 17.0 Å². The minimum Gasteiger partial charge on any atom is -0.340 e. The van der Waals surface area contributed by atoms with Gasteiger partial charge in [-0.1, -0.05) is 0 Å². The number of nitrogens with zero attached hydrogens (tertiary/aromatic N) is 3. The largest absolute Gasteiger partial charge is 0.340 e. The summed E-state index contributed by atoms with van der Waals surface area (Å²) in [5, 5.41) is 2.61. The second-order valence-corrected chi connectivity index (χ2v) is 8.48. The van der Waals surface area contributed by atoms with Gasteiger partial charge in [-0.25, -0.2) is 8.42 Å². The lowest BCUT2D eigenvalue weighted by Crippen LogP contribution is -2.50. The molecular weight excluding hydrogens is 356 g/mol. The van der Waals surface area contributed by atoms with Gasteiger partial charge in [-0.15, -0.1) is 0 Å². The minimum absolute atomic E-state index is 0.0513. The first-order valence-corrected chi connectivity index (χ1v) is 9.94. The van der Waals surface area contributed by atoms with Crippen LogP contribution in [0.15, 0.2) is 29.2 Å². The lowest BCUT2D eigenvalue weighted by atomic mass is 10.3. The molecule has 0 spiro atoms. The molecule has 2 rings (SSSR count). The molecule has 0 radical (unpaired) electrons. The van der Waals surface area contributed by atoms with Crippen molar-refractivity contribution in [2.75, 3.05) is 52.1 Å². The van der Waals surface area contributed by atoms with Crippen LogP contribution in [0.25, 0.3) is 0 Å². The first-order chi connectivity index (χ1) is 12.2. The second-order valence-electron chi connectivity index (χ2n) is 6.54. The highest BCUT2D eigenvalue weighted by Gasteiger charge is 2.29. The number of hydrogen-bond acceptors (Lipinski definition) is 5. The van der Waals surface area contributed by atoms with Crippen LogP contribution in [0.3, 0.4) is 0 Å². The van der Waals surface area contributed by atoms with Gasteiger partial charge in [-0.3, -0.25) is 9.59 Å².